The van der Waals surface area contributed by atoms with Crippen LogP contribution in [-0.4, -0.2) is 30.9 Å². The fraction of sp³-hybridized carbons (Fsp3) is 0.533. The van der Waals surface area contributed by atoms with Crippen LogP contribution in [0.5, 0.6) is 5.75 Å². The van der Waals surface area contributed by atoms with E-state index < -0.39 is 0 Å². The van der Waals surface area contributed by atoms with Gasteiger partial charge in [0, 0.05) is 5.69 Å². The highest BCUT2D eigenvalue weighted by molar-refractivity contribution is 7.98. The minimum atomic E-state index is -0.112. The predicted octanol–water partition coefficient (Wildman–Crippen LogP) is 3.60. The Morgan fingerprint density at radius 1 is 1.37 bits per heavy atom. The molecule has 0 aliphatic rings. The van der Waals surface area contributed by atoms with Crippen LogP contribution in [0.2, 0.25) is 0 Å². The minimum absolute atomic E-state index is 0.112. The van der Waals surface area contributed by atoms with E-state index in [0.29, 0.717) is 0 Å². The molecule has 0 saturated carbocycles. The average molecular weight is 281 g/mol. The van der Waals surface area contributed by atoms with Gasteiger partial charge in [0.2, 0.25) is 0 Å². The second-order valence-electron chi connectivity index (χ2n) is 4.39. The van der Waals surface area contributed by atoms with Crippen LogP contribution in [-0.2, 0) is 4.79 Å². The molecule has 1 aromatic carbocycles. The number of ether oxygens (including phenoxy) is 1. The number of carbonyl (C=O) groups is 1. The Labute approximate surface area is 120 Å². The van der Waals surface area contributed by atoms with Crippen molar-refractivity contribution in [3.8, 4) is 5.75 Å². The van der Waals surface area contributed by atoms with Crippen molar-refractivity contribution in [1.29, 1.82) is 0 Å². The molecule has 0 bridgehead atoms. The fourth-order valence-electron chi connectivity index (χ4n) is 1.61. The number of thioether (sulfide) groups is 1. The monoisotopic (exact) mass is 281 g/mol. The lowest BCUT2D eigenvalue weighted by molar-refractivity contribution is -0.108. The van der Waals surface area contributed by atoms with Crippen LogP contribution >= 0.6 is 11.8 Å². The zero-order valence-electron chi connectivity index (χ0n) is 11.7. The predicted molar refractivity (Wildman–Crippen MR) is 83.3 cm³/mol. The first-order valence-corrected chi connectivity index (χ1v) is 8.13. The lowest BCUT2D eigenvalue weighted by atomic mass is 10.2. The zero-order chi connectivity index (χ0) is 13.9. The largest absolute Gasteiger partial charge is 0.494 e. The minimum Gasteiger partial charge on any atom is -0.494 e. The van der Waals surface area contributed by atoms with Gasteiger partial charge in [-0.15, -0.1) is 0 Å². The molecule has 0 saturated heterocycles. The van der Waals surface area contributed by atoms with Crippen molar-refractivity contribution >= 4 is 23.7 Å². The quantitative estimate of drug-likeness (QED) is 0.525. The molecule has 0 unspecified atom stereocenters. The van der Waals surface area contributed by atoms with Gasteiger partial charge in [-0.25, -0.2) is 0 Å². The molecular formula is C15H23NO2S. The van der Waals surface area contributed by atoms with Gasteiger partial charge in [-0.05, 0) is 49.1 Å². The number of rotatable bonds is 10. The van der Waals surface area contributed by atoms with Crippen LogP contribution in [0, 0.1) is 0 Å². The van der Waals surface area contributed by atoms with Crippen LogP contribution in [0.4, 0.5) is 5.69 Å². The molecule has 19 heavy (non-hydrogen) atoms. The van der Waals surface area contributed by atoms with E-state index in [1.807, 2.05) is 30.5 Å². The summed E-state index contributed by atoms with van der Waals surface area (Å²) in [6.07, 6.45) is 6.07. The summed E-state index contributed by atoms with van der Waals surface area (Å²) in [5, 5.41) is 3.22. The SMILES string of the molecule is CCCCOc1ccc(N[C@@H](C=O)CCSC)cc1. The summed E-state index contributed by atoms with van der Waals surface area (Å²) in [4.78, 5) is 11.0. The average Bonchev–Trinajstić information content (AvgIpc) is 2.45. The molecule has 0 aliphatic heterocycles. The number of aldehydes is 1. The van der Waals surface area contributed by atoms with Gasteiger partial charge in [0.05, 0.1) is 12.6 Å². The van der Waals surface area contributed by atoms with Gasteiger partial charge in [0.1, 0.15) is 12.0 Å². The normalized spacial score (nSPS) is 11.9. The van der Waals surface area contributed by atoms with Crippen molar-refractivity contribution in [1.82, 2.24) is 0 Å². The van der Waals surface area contributed by atoms with Gasteiger partial charge in [-0.3, -0.25) is 0 Å². The molecule has 106 valence electrons. The van der Waals surface area contributed by atoms with Crippen LogP contribution in [0.25, 0.3) is 0 Å². The molecule has 0 aromatic heterocycles. The summed E-state index contributed by atoms with van der Waals surface area (Å²) in [7, 11) is 0. The molecular weight excluding hydrogens is 258 g/mol. The first-order chi connectivity index (χ1) is 9.30. The van der Waals surface area contributed by atoms with Crippen molar-refractivity contribution in [2.24, 2.45) is 0 Å². The van der Waals surface area contributed by atoms with E-state index in [2.05, 4.69) is 12.2 Å². The smallest absolute Gasteiger partial charge is 0.142 e. The molecule has 0 heterocycles. The third-order valence-electron chi connectivity index (χ3n) is 2.77. The molecule has 4 heteroatoms. The number of benzene rings is 1. The fourth-order valence-corrected chi connectivity index (χ4v) is 2.10. The summed E-state index contributed by atoms with van der Waals surface area (Å²) >= 11 is 1.75. The Balaban J connectivity index is 2.43. The van der Waals surface area contributed by atoms with Gasteiger partial charge in [-0.2, -0.15) is 11.8 Å². The van der Waals surface area contributed by atoms with Crippen LogP contribution < -0.4 is 10.1 Å². The van der Waals surface area contributed by atoms with E-state index in [4.69, 9.17) is 4.74 Å². The molecule has 1 rings (SSSR count). The van der Waals surface area contributed by atoms with Crippen molar-refractivity contribution < 1.29 is 9.53 Å². The number of unbranched alkanes of at least 4 members (excludes halogenated alkanes) is 1. The molecule has 0 fully saturated rings. The molecule has 0 aliphatic carbocycles. The van der Waals surface area contributed by atoms with E-state index in [1.54, 1.807) is 11.8 Å². The molecule has 1 aromatic rings. The number of carbonyl (C=O) groups excluding carboxylic acids is 1. The highest BCUT2D eigenvalue weighted by atomic mass is 32.2. The van der Waals surface area contributed by atoms with Crippen LogP contribution in [0.15, 0.2) is 24.3 Å². The maximum atomic E-state index is 11.0. The Hall–Kier alpha value is -1.16. The van der Waals surface area contributed by atoms with E-state index in [-0.39, 0.29) is 6.04 Å². The Bertz CT molecular complexity index is 354. The molecule has 0 spiro atoms. The van der Waals surface area contributed by atoms with Gasteiger partial charge >= 0.3 is 0 Å². The number of hydrogen-bond donors (Lipinski definition) is 1. The highest BCUT2D eigenvalue weighted by Gasteiger charge is 2.06. The van der Waals surface area contributed by atoms with Crippen LogP contribution in [0.3, 0.4) is 0 Å². The summed E-state index contributed by atoms with van der Waals surface area (Å²) in [5.74, 6) is 1.86. The third kappa shape index (κ3) is 6.53. The Morgan fingerprint density at radius 2 is 2.11 bits per heavy atom. The van der Waals surface area contributed by atoms with Crippen LogP contribution in [0.1, 0.15) is 26.2 Å². The number of hydrogen-bond acceptors (Lipinski definition) is 4. The number of anilines is 1. The molecule has 0 amide bonds. The Morgan fingerprint density at radius 3 is 2.68 bits per heavy atom. The van der Waals surface area contributed by atoms with Gasteiger partial charge < -0.3 is 14.8 Å². The van der Waals surface area contributed by atoms with Crippen molar-refractivity contribution in [2.75, 3.05) is 23.9 Å². The summed E-state index contributed by atoms with van der Waals surface area (Å²) in [6.45, 7) is 2.90. The van der Waals surface area contributed by atoms with E-state index >= 15 is 0 Å². The van der Waals surface area contributed by atoms with Gasteiger partial charge in [0.25, 0.3) is 0 Å². The topological polar surface area (TPSA) is 38.3 Å². The molecule has 1 atom stereocenters. The standard InChI is InChI=1S/C15H23NO2S/c1-3-4-10-18-15-7-5-13(6-8-15)16-14(12-17)9-11-19-2/h5-8,12,14,16H,3-4,9-11H2,1-2H3/t14-/m1/s1. The second kappa shape index (κ2) is 9.73. The molecule has 3 nitrogen and oxygen atoms in total. The summed E-state index contributed by atoms with van der Waals surface area (Å²) in [6, 6.07) is 7.68. The van der Waals surface area contributed by atoms with Gasteiger partial charge in [0.15, 0.2) is 0 Å². The zero-order valence-corrected chi connectivity index (χ0v) is 12.5. The second-order valence-corrected chi connectivity index (χ2v) is 5.38. The maximum Gasteiger partial charge on any atom is 0.142 e. The summed E-state index contributed by atoms with van der Waals surface area (Å²) in [5.41, 5.74) is 0.959. The third-order valence-corrected chi connectivity index (χ3v) is 3.41. The Kier molecular flexibility index (Phi) is 8.14. The number of nitrogens with one attached hydrogen (secondary N) is 1. The first kappa shape index (κ1) is 15.9. The van der Waals surface area contributed by atoms with Crippen molar-refractivity contribution in [2.45, 2.75) is 32.2 Å². The van der Waals surface area contributed by atoms with E-state index in [9.17, 15) is 4.79 Å². The van der Waals surface area contributed by atoms with Crippen molar-refractivity contribution in [3.63, 3.8) is 0 Å². The lowest BCUT2D eigenvalue weighted by Crippen LogP contribution is -2.21. The summed E-state index contributed by atoms with van der Waals surface area (Å²) < 4.78 is 5.60. The van der Waals surface area contributed by atoms with Gasteiger partial charge in [-0.1, -0.05) is 13.3 Å². The highest BCUT2D eigenvalue weighted by Crippen LogP contribution is 2.17. The first-order valence-electron chi connectivity index (χ1n) is 6.73. The van der Waals surface area contributed by atoms with E-state index in [0.717, 1.165) is 49.3 Å². The van der Waals surface area contributed by atoms with E-state index in [1.165, 1.54) is 0 Å². The maximum absolute atomic E-state index is 11.0. The molecule has 1 N–H and O–H groups in total. The van der Waals surface area contributed by atoms with Crippen molar-refractivity contribution in [3.05, 3.63) is 24.3 Å². The lowest BCUT2D eigenvalue weighted by Gasteiger charge is -2.14. The molecule has 0 radical (unpaired) electrons.